The second-order valence-corrected chi connectivity index (χ2v) is 6.43. The Hall–Kier alpha value is 0.420. The van der Waals surface area contributed by atoms with Crippen LogP contribution in [0.2, 0.25) is 0 Å². The lowest BCUT2D eigenvalue weighted by atomic mass is 10.1. The van der Waals surface area contributed by atoms with Crippen LogP contribution in [0.5, 0.6) is 0 Å². The Bertz CT molecular complexity index is 196. The van der Waals surface area contributed by atoms with E-state index in [4.69, 9.17) is 0 Å². The van der Waals surface area contributed by atoms with Gasteiger partial charge >= 0.3 is 0 Å². The molecule has 0 aromatic carbocycles. The fraction of sp³-hybridized carbons (Fsp3) is 1.00. The molecule has 1 aliphatic heterocycles. The lowest BCUT2D eigenvalue weighted by Gasteiger charge is -2.28. The fourth-order valence-electron chi connectivity index (χ4n) is 1.84. The second kappa shape index (κ2) is 7.65. The first kappa shape index (κ1) is 13.5. The van der Waals surface area contributed by atoms with Gasteiger partial charge in [0.1, 0.15) is 0 Å². The Labute approximate surface area is 99.1 Å². The van der Waals surface area contributed by atoms with Crippen molar-refractivity contribution in [3.8, 4) is 0 Å². The van der Waals surface area contributed by atoms with Gasteiger partial charge in [-0.15, -0.1) is 0 Å². The fourth-order valence-corrected chi connectivity index (χ4v) is 4.23. The molecule has 3 nitrogen and oxygen atoms in total. The highest BCUT2D eigenvalue weighted by Crippen LogP contribution is 2.24. The average molecular weight is 251 g/mol. The van der Waals surface area contributed by atoms with Gasteiger partial charge in [0.15, 0.2) is 11.1 Å². The number of hydrogen-bond acceptors (Lipinski definition) is 3. The van der Waals surface area contributed by atoms with E-state index in [9.17, 15) is 8.76 Å². The van der Waals surface area contributed by atoms with Gasteiger partial charge in [-0.1, -0.05) is 26.2 Å². The Morgan fingerprint density at radius 2 is 2.40 bits per heavy atom. The molecule has 3 unspecified atom stereocenters. The summed E-state index contributed by atoms with van der Waals surface area (Å²) in [5.41, 5.74) is 0. The Kier molecular flexibility index (Phi) is 6.88. The van der Waals surface area contributed by atoms with Crippen molar-refractivity contribution in [3.63, 3.8) is 0 Å². The molecule has 1 aliphatic rings. The topological polar surface area (TPSA) is 49.3 Å². The molecule has 90 valence electrons. The summed E-state index contributed by atoms with van der Waals surface area (Å²) >= 11 is 0.177. The van der Waals surface area contributed by atoms with Gasteiger partial charge in [-0.25, -0.2) is 4.21 Å². The Balaban J connectivity index is 2.37. The van der Waals surface area contributed by atoms with Crippen molar-refractivity contribution < 1.29 is 8.76 Å². The first-order valence-corrected chi connectivity index (χ1v) is 7.89. The molecule has 0 aromatic rings. The third-order valence-corrected chi connectivity index (χ3v) is 5.34. The monoisotopic (exact) mass is 251 g/mol. The summed E-state index contributed by atoms with van der Waals surface area (Å²) < 4.78 is 20.6. The molecule has 1 rings (SSSR count). The third-order valence-electron chi connectivity index (χ3n) is 2.72. The summed E-state index contributed by atoms with van der Waals surface area (Å²) in [6, 6.07) is 0. The van der Waals surface area contributed by atoms with Crippen molar-refractivity contribution in [1.82, 2.24) is 5.32 Å². The maximum absolute atomic E-state index is 11.3. The van der Waals surface area contributed by atoms with E-state index in [1.807, 2.05) is 11.8 Å². The molecular formula is C10H21NO2S2. The summed E-state index contributed by atoms with van der Waals surface area (Å²) in [5, 5.41) is 3.57. The minimum Gasteiger partial charge on any atom is -0.315 e. The molecule has 1 fully saturated rings. The van der Waals surface area contributed by atoms with Crippen LogP contribution in [0.1, 0.15) is 32.6 Å². The normalized spacial score (nSPS) is 26.1. The minimum absolute atomic E-state index is 0.0469. The first-order chi connectivity index (χ1) is 7.25. The van der Waals surface area contributed by atoms with E-state index in [2.05, 4.69) is 12.2 Å². The molecule has 0 bridgehead atoms. The van der Waals surface area contributed by atoms with Gasteiger partial charge in [0.05, 0.1) is 5.25 Å². The number of hydrogen-bond donors (Lipinski definition) is 2. The van der Waals surface area contributed by atoms with Crippen LogP contribution in [0.4, 0.5) is 0 Å². The first-order valence-electron chi connectivity index (χ1n) is 5.67. The molecule has 0 saturated carbocycles. The number of unbranched alkanes of at least 4 members (excludes halogenated alkanes) is 2. The van der Waals surface area contributed by atoms with Crippen molar-refractivity contribution in [2.24, 2.45) is 0 Å². The molecule has 1 saturated heterocycles. The number of rotatable bonds is 6. The van der Waals surface area contributed by atoms with Crippen LogP contribution in [-0.4, -0.2) is 38.1 Å². The highest BCUT2D eigenvalue weighted by atomic mass is 32.2. The summed E-state index contributed by atoms with van der Waals surface area (Å²) in [7, 11) is 0. The zero-order valence-electron chi connectivity index (χ0n) is 9.28. The van der Waals surface area contributed by atoms with Crippen LogP contribution in [-0.2, 0) is 11.1 Å². The molecule has 0 spiro atoms. The van der Waals surface area contributed by atoms with E-state index in [-0.39, 0.29) is 5.25 Å². The quantitative estimate of drug-likeness (QED) is 0.559. The van der Waals surface area contributed by atoms with E-state index < -0.39 is 11.1 Å². The van der Waals surface area contributed by atoms with Gasteiger partial charge in [-0.2, -0.15) is 11.8 Å². The second-order valence-electron chi connectivity index (χ2n) is 3.92. The molecule has 0 aliphatic carbocycles. The van der Waals surface area contributed by atoms with Gasteiger partial charge in [0, 0.05) is 24.1 Å². The highest BCUT2D eigenvalue weighted by Gasteiger charge is 2.27. The molecule has 5 heteroatoms. The van der Waals surface area contributed by atoms with Crippen LogP contribution in [0, 0.1) is 0 Å². The van der Waals surface area contributed by atoms with Gasteiger partial charge in [0.2, 0.25) is 0 Å². The molecular weight excluding hydrogens is 230 g/mol. The SMILES string of the molecule is CCCCCC(C1CNCCS1)S(=O)O. The summed E-state index contributed by atoms with van der Waals surface area (Å²) in [6.07, 6.45) is 4.29. The van der Waals surface area contributed by atoms with Crippen molar-refractivity contribution in [1.29, 1.82) is 0 Å². The number of nitrogens with one attached hydrogen (secondary N) is 1. The smallest absolute Gasteiger partial charge is 0.157 e. The van der Waals surface area contributed by atoms with E-state index in [0.29, 0.717) is 5.25 Å². The Morgan fingerprint density at radius 3 is 2.93 bits per heavy atom. The Morgan fingerprint density at radius 1 is 1.60 bits per heavy atom. The molecule has 0 radical (unpaired) electrons. The molecule has 15 heavy (non-hydrogen) atoms. The van der Waals surface area contributed by atoms with Gasteiger partial charge in [-0.05, 0) is 6.42 Å². The standard InChI is InChI=1S/C10H21NO2S2/c1-2-3-4-5-10(15(12)13)9-8-11-6-7-14-9/h9-11H,2-8H2,1H3,(H,12,13). The van der Waals surface area contributed by atoms with E-state index in [0.717, 1.165) is 31.7 Å². The molecule has 0 aromatic heterocycles. The van der Waals surface area contributed by atoms with Crippen molar-refractivity contribution in [3.05, 3.63) is 0 Å². The molecule has 1 heterocycles. The lowest BCUT2D eigenvalue weighted by Crippen LogP contribution is -2.41. The third kappa shape index (κ3) is 4.85. The average Bonchev–Trinajstić information content (AvgIpc) is 2.25. The molecule has 2 N–H and O–H groups in total. The summed E-state index contributed by atoms with van der Waals surface area (Å²) in [6.45, 7) is 4.07. The summed E-state index contributed by atoms with van der Waals surface area (Å²) in [5.74, 6) is 1.06. The zero-order valence-corrected chi connectivity index (χ0v) is 10.9. The molecule has 0 amide bonds. The van der Waals surface area contributed by atoms with E-state index in [1.165, 1.54) is 12.8 Å². The van der Waals surface area contributed by atoms with E-state index >= 15 is 0 Å². The van der Waals surface area contributed by atoms with Crippen LogP contribution < -0.4 is 5.32 Å². The summed E-state index contributed by atoms with van der Waals surface area (Å²) in [4.78, 5) is 0. The van der Waals surface area contributed by atoms with Crippen LogP contribution in [0.3, 0.4) is 0 Å². The zero-order chi connectivity index (χ0) is 11.1. The minimum atomic E-state index is -1.67. The van der Waals surface area contributed by atoms with Crippen LogP contribution >= 0.6 is 11.8 Å². The predicted octanol–water partition coefficient (Wildman–Crippen LogP) is 1.86. The van der Waals surface area contributed by atoms with Crippen LogP contribution in [0.15, 0.2) is 0 Å². The molecule has 3 atom stereocenters. The van der Waals surface area contributed by atoms with Crippen LogP contribution in [0.25, 0.3) is 0 Å². The van der Waals surface area contributed by atoms with Gasteiger partial charge in [0.25, 0.3) is 0 Å². The van der Waals surface area contributed by atoms with Gasteiger partial charge < -0.3 is 9.87 Å². The van der Waals surface area contributed by atoms with Crippen molar-refractivity contribution >= 4 is 22.8 Å². The highest BCUT2D eigenvalue weighted by molar-refractivity contribution is 8.00. The maximum Gasteiger partial charge on any atom is 0.157 e. The van der Waals surface area contributed by atoms with Crippen molar-refractivity contribution in [2.45, 2.75) is 43.1 Å². The number of thioether (sulfide) groups is 1. The largest absolute Gasteiger partial charge is 0.315 e. The maximum atomic E-state index is 11.3. The van der Waals surface area contributed by atoms with E-state index in [1.54, 1.807) is 0 Å². The predicted molar refractivity (Wildman–Crippen MR) is 67.8 cm³/mol. The van der Waals surface area contributed by atoms with Crippen molar-refractivity contribution in [2.75, 3.05) is 18.8 Å². The van der Waals surface area contributed by atoms with Gasteiger partial charge in [-0.3, -0.25) is 0 Å². The lowest BCUT2D eigenvalue weighted by molar-refractivity contribution is 0.514.